The quantitative estimate of drug-likeness (QED) is 0.464. The van der Waals surface area contributed by atoms with Crippen molar-refractivity contribution in [1.29, 1.82) is 0 Å². The van der Waals surface area contributed by atoms with E-state index < -0.39 is 10.1 Å². The van der Waals surface area contributed by atoms with E-state index in [1.165, 1.54) is 0 Å². The first-order chi connectivity index (χ1) is 4.67. The van der Waals surface area contributed by atoms with Crippen molar-refractivity contribution in [2.75, 3.05) is 26.4 Å². The monoisotopic (exact) mass is 164 g/mol. The van der Waals surface area contributed by atoms with Gasteiger partial charge in [0.05, 0.1) is 0 Å². The van der Waals surface area contributed by atoms with Crippen molar-refractivity contribution < 1.29 is 4.21 Å². The molecule has 0 aromatic heterocycles. The SMILES string of the molecule is CN[SH](C)(=O)C1CCNC1. The van der Waals surface area contributed by atoms with Gasteiger partial charge in [-0.2, -0.15) is 0 Å². The van der Waals surface area contributed by atoms with Gasteiger partial charge in [0.2, 0.25) is 0 Å². The predicted molar refractivity (Wildman–Crippen MR) is 45.8 cm³/mol. The number of rotatable bonds is 2. The first kappa shape index (κ1) is 8.17. The summed E-state index contributed by atoms with van der Waals surface area (Å²) >= 11 is 0. The zero-order valence-corrected chi connectivity index (χ0v) is 7.45. The number of thiol groups is 1. The largest absolute Gasteiger partial charge is 0.316 e. The standard InChI is InChI=1S/C6H16N2OS/c1-7-10(2,9)6-3-4-8-5-6/h6,8,10H,3-5H2,1-2H3,(H,7,9). The van der Waals surface area contributed by atoms with Crippen LogP contribution in [0.25, 0.3) is 0 Å². The first-order valence-electron chi connectivity index (χ1n) is 3.64. The van der Waals surface area contributed by atoms with Gasteiger partial charge in [-0.1, -0.05) is 10.1 Å². The van der Waals surface area contributed by atoms with Crippen LogP contribution in [0.3, 0.4) is 0 Å². The Bertz CT molecular complexity index is 154. The molecule has 62 valence electrons. The molecule has 1 saturated heterocycles. The molecule has 1 rings (SSSR count). The molecule has 0 saturated carbocycles. The molecule has 1 atom stereocenters. The van der Waals surface area contributed by atoms with E-state index in [1.54, 1.807) is 7.05 Å². The molecule has 0 aliphatic carbocycles. The topological polar surface area (TPSA) is 41.1 Å². The van der Waals surface area contributed by atoms with Gasteiger partial charge in [-0.25, -0.2) is 0 Å². The van der Waals surface area contributed by atoms with Gasteiger partial charge in [-0.15, -0.1) is 0 Å². The second-order valence-electron chi connectivity index (χ2n) is 2.86. The second-order valence-corrected chi connectivity index (χ2v) is 6.02. The number of hydrogen-bond donors (Lipinski definition) is 3. The van der Waals surface area contributed by atoms with Crippen molar-refractivity contribution in [3.63, 3.8) is 0 Å². The van der Waals surface area contributed by atoms with Crippen LogP contribution in [0.4, 0.5) is 0 Å². The highest BCUT2D eigenvalue weighted by Crippen LogP contribution is 2.11. The maximum Gasteiger partial charge on any atom is 0.0375 e. The third kappa shape index (κ3) is 1.56. The van der Waals surface area contributed by atoms with E-state index >= 15 is 0 Å². The van der Waals surface area contributed by atoms with Crippen LogP contribution in [0.2, 0.25) is 0 Å². The Morgan fingerprint density at radius 3 is 2.80 bits per heavy atom. The third-order valence-electron chi connectivity index (χ3n) is 2.18. The minimum atomic E-state index is -2.03. The van der Waals surface area contributed by atoms with Crippen molar-refractivity contribution in [3.8, 4) is 0 Å². The molecule has 0 spiro atoms. The molecule has 2 N–H and O–H groups in total. The van der Waals surface area contributed by atoms with E-state index in [4.69, 9.17) is 0 Å². The Morgan fingerprint density at radius 2 is 2.40 bits per heavy atom. The van der Waals surface area contributed by atoms with Gasteiger partial charge < -0.3 is 5.32 Å². The summed E-state index contributed by atoms with van der Waals surface area (Å²) in [5, 5.41) is 3.56. The predicted octanol–water partition coefficient (Wildman–Crippen LogP) is -0.871. The smallest absolute Gasteiger partial charge is 0.0375 e. The zero-order valence-electron chi connectivity index (χ0n) is 6.55. The van der Waals surface area contributed by atoms with E-state index in [1.807, 2.05) is 6.26 Å². The summed E-state index contributed by atoms with van der Waals surface area (Å²) in [4.78, 5) is 0. The normalized spacial score (nSPS) is 28.8. The third-order valence-corrected chi connectivity index (χ3v) is 4.90. The highest BCUT2D eigenvalue weighted by atomic mass is 32.3. The average molecular weight is 164 g/mol. The maximum absolute atomic E-state index is 11.6. The van der Waals surface area contributed by atoms with Crippen LogP contribution in [0.5, 0.6) is 0 Å². The first-order valence-corrected chi connectivity index (χ1v) is 5.86. The highest BCUT2D eigenvalue weighted by molar-refractivity contribution is 8.01. The molecule has 0 aromatic carbocycles. The van der Waals surface area contributed by atoms with Crippen LogP contribution in [-0.2, 0) is 10.1 Å². The summed E-state index contributed by atoms with van der Waals surface area (Å²) in [6, 6.07) is 0. The van der Waals surface area contributed by atoms with Gasteiger partial charge in [-0.3, -0.25) is 8.93 Å². The van der Waals surface area contributed by atoms with Gasteiger partial charge in [-0.05, 0) is 20.0 Å². The second kappa shape index (κ2) is 2.98. The van der Waals surface area contributed by atoms with Crippen LogP contribution < -0.4 is 10.0 Å². The molecule has 1 heterocycles. The van der Waals surface area contributed by atoms with Gasteiger partial charge in [0.25, 0.3) is 0 Å². The molecular formula is C6H16N2OS. The van der Waals surface area contributed by atoms with E-state index in [-0.39, 0.29) is 0 Å². The molecule has 0 bridgehead atoms. The average Bonchev–Trinajstić information content (AvgIpc) is 2.38. The molecule has 4 heteroatoms. The van der Waals surface area contributed by atoms with Crippen LogP contribution in [0, 0.1) is 0 Å². The Hall–Kier alpha value is 0.0700. The molecule has 1 aliphatic rings. The van der Waals surface area contributed by atoms with Crippen LogP contribution in [-0.4, -0.2) is 35.9 Å². The fourth-order valence-electron chi connectivity index (χ4n) is 1.24. The summed E-state index contributed by atoms with van der Waals surface area (Å²) in [6.07, 6.45) is 2.87. The molecule has 3 nitrogen and oxygen atoms in total. The highest BCUT2D eigenvalue weighted by Gasteiger charge is 2.23. The van der Waals surface area contributed by atoms with E-state index in [9.17, 15) is 4.21 Å². The molecule has 0 radical (unpaired) electrons. The van der Waals surface area contributed by atoms with E-state index in [2.05, 4.69) is 10.0 Å². The molecule has 0 aromatic rings. The van der Waals surface area contributed by atoms with Crippen molar-refractivity contribution in [1.82, 2.24) is 10.0 Å². The van der Waals surface area contributed by atoms with Crippen molar-refractivity contribution in [2.45, 2.75) is 11.7 Å². The van der Waals surface area contributed by atoms with E-state index in [0.717, 1.165) is 19.5 Å². The summed E-state index contributed by atoms with van der Waals surface area (Å²) in [6.45, 7) is 1.93. The number of nitrogens with one attached hydrogen (secondary N) is 2. The fraction of sp³-hybridized carbons (Fsp3) is 1.00. The fourth-order valence-corrected chi connectivity index (χ4v) is 2.71. The molecule has 0 amide bonds. The molecule has 1 unspecified atom stereocenters. The van der Waals surface area contributed by atoms with Crippen LogP contribution in [0.15, 0.2) is 0 Å². The van der Waals surface area contributed by atoms with Gasteiger partial charge in [0.15, 0.2) is 0 Å². The lowest BCUT2D eigenvalue weighted by Crippen LogP contribution is -2.39. The minimum absolute atomic E-state index is 0.359. The minimum Gasteiger partial charge on any atom is -0.316 e. The van der Waals surface area contributed by atoms with Gasteiger partial charge in [0.1, 0.15) is 0 Å². The Labute approximate surface area is 63.1 Å². The van der Waals surface area contributed by atoms with Gasteiger partial charge >= 0.3 is 0 Å². The lowest BCUT2D eigenvalue weighted by Gasteiger charge is -2.23. The maximum atomic E-state index is 11.6. The van der Waals surface area contributed by atoms with Gasteiger partial charge in [0, 0.05) is 18.1 Å². The lowest BCUT2D eigenvalue weighted by atomic mass is 10.4. The summed E-state index contributed by atoms with van der Waals surface area (Å²) in [5.41, 5.74) is 0. The zero-order chi connectivity index (χ0) is 7.61. The summed E-state index contributed by atoms with van der Waals surface area (Å²) in [5.74, 6) is 0. The van der Waals surface area contributed by atoms with E-state index in [0.29, 0.717) is 5.25 Å². The number of hydrogen-bond acceptors (Lipinski definition) is 2. The lowest BCUT2D eigenvalue weighted by molar-refractivity contribution is 0.655. The van der Waals surface area contributed by atoms with Crippen LogP contribution in [0.1, 0.15) is 6.42 Å². The Kier molecular flexibility index (Phi) is 2.44. The molecule has 1 fully saturated rings. The van der Waals surface area contributed by atoms with Crippen molar-refractivity contribution in [2.24, 2.45) is 0 Å². The molecule has 1 aliphatic heterocycles. The van der Waals surface area contributed by atoms with Crippen LogP contribution >= 0.6 is 0 Å². The summed E-state index contributed by atoms with van der Waals surface area (Å²) in [7, 11) is -0.257. The van der Waals surface area contributed by atoms with Crippen molar-refractivity contribution >= 4 is 10.1 Å². The van der Waals surface area contributed by atoms with Crippen molar-refractivity contribution in [3.05, 3.63) is 0 Å². The Balaban J connectivity index is 2.54. The Morgan fingerprint density at radius 1 is 1.70 bits per heavy atom. The molecular weight excluding hydrogens is 148 g/mol. The summed E-state index contributed by atoms with van der Waals surface area (Å²) < 4.78 is 14.5. The molecule has 10 heavy (non-hydrogen) atoms.